The van der Waals surface area contributed by atoms with E-state index in [-0.39, 0.29) is 12.4 Å². The van der Waals surface area contributed by atoms with Gasteiger partial charge in [0.2, 0.25) is 0 Å². The number of rotatable bonds is 6. The minimum Gasteiger partial charge on any atom is -0.504 e. The molecule has 0 aliphatic heterocycles. The molecule has 0 aliphatic rings. The number of carbonyl (C=O) groups is 1. The number of hydrogen-bond acceptors (Lipinski definition) is 5. The molecule has 0 saturated heterocycles. The molecule has 1 unspecified atom stereocenters. The zero-order valence-corrected chi connectivity index (χ0v) is 12.5. The number of para-hydroxylation sites is 2. The first-order valence-electron chi connectivity index (χ1n) is 6.78. The van der Waals surface area contributed by atoms with Gasteiger partial charge in [-0.2, -0.15) is 0 Å². The van der Waals surface area contributed by atoms with Crippen LogP contribution in [0.2, 0.25) is 0 Å². The fraction of sp³-hybridized carbons (Fsp3) is 0.235. The molecule has 116 valence electrons. The highest BCUT2D eigenvalue weighted by Gasteiger charge is 2.23. The largest absolute Gasteiger partial charge is 0.504 e. The maximum Gasteiger partial charge on any atom is 0.316 e. The van der Waals surface area contributed by atoms with Gasteiger partial charge in [0.1, 0.15) is 18.3 Å². The molecule has 5 nitrogen and oxygen atoms in total. The number of ether oxygens (including phenoxy) is 3. The van der Waals surface area contributed by atoms with Crippen molar-refractivity contribution in [2.24, 2.45) is 0 Å². The fourth-order valence-corrected chi connectivity index (χ4v) is 2.03. The summed E-state index contributed by atoms with van der Waals surface area (Å²) >= 11 is 0. The van der Waals surface area contributed by atoms with E-state index in [2.05, 4.69) is 0 Å². The second kappa shape index (κ2) is 7.36. The maximum absolute atomic E-state index is 12.0. The zero-order valence-electron chi connectivity index (χ0n) is 12.5. The Morgan fingerprint density at radius 3 is 2.36 bits per heavy atom. The minimum absolute atomic E-state index is 0.0286. The summed E-state index contributed by atoms with van der Waals surface area (Å²) in [6, 6.07) is 13.7. The molecule has 0 aliphatic carbocycles. The smallest absolute Gasteiger partial charge is 0.316 e. The van der Waals surface area contributed by atoms with E-state index in [4.69, 9.17) is 14.2 Å². The summed E-state index contributed by atoms with van der Waals surface area (Å²) in [5.74, 6) is 0.0656. The van der Waals surface area contributed by atoms with Crippen molar-refractivity contribution < 1.29 is 24.1 Å². The Hall–Kier alpha value is -2.69. The molecule has 2 rings (SSSR count). The number of esters is 1. The van der Waals surface area contributed by atoms with Gasteiger partial charge in [-0.05, 0) is 29.8 Å². The van der Waals surface area contributed by atoms with Gasteiger partial charge in [-0.3, -0.25) is 4.79 Å². The van der Waals surface area contributed by atoms with Gasteiger partial charge < -0.3 is 19.3 Å². The molecule has 0 fully saturated rings. The third-order valence-electron chi connectivity index (χ3n) is 3.27. The van der Waals surface area contributed by atoms with Crippen LogP contribution in [-0.4, -0.2) is 31.9 Å². The third-order valence-corrected chi connectivity index (χ3v) is 3.27. The van der Waals surface area contributed by atoms with Crippen LogP contribution in [0.5, 0.6) is 17.2 Å². The quantitative estimate of drug-likeness (QED) is 0.831. The van der Waals surface area contributed by atoms with E-state index in [1.165, 1.54) is 13.2 Å². The Morgan fingerprint density at radius 2 is 1.77 bits per heavy atom. The molecule has 0 spiro atoms. The number of carbonyl (C=O) groups excluding carboxylic acids is 1. The van der Waals surface area contributed by atoms with E-state index in [0.29, 0.717) is 11.5 Å². The predicted octanol–water partition coefficient (Wildman–Crippen LogP) is 2.74. The first-order valence-corrected chi connectivity index (χ1v) is 6.78. The van der Waals surface area contributed by atoms with E-state index in [1.54, 1.807) is 49.6 Å². The van der Waals surface area contributed by atoms with Crippen molar-refractivity contribution in [2.75, 3.05) is 20.8 Å². The van der Waals surface area contributed by atoms with E-state index in [0.717, 1.165) is 5.56 Å². The van der Waals surface area contributed by atoms with Crippen LogP contribution in [0, 0.1) is 0 Å². The summed E-state index contributed by atoms with van der Waals surface area (Å²) in [6.07, 6.45) is 0. The minimum atomic E-state index is -0.587. The third kappa shape index (κ3) is 3.69. The summed E-state index contributed by atoms with van der Waals surface area (Å²) in [5, 5.41) is 9.70. The van der Waals surface area contributed by atoms with Gasteiger partial charge in [0.25, 0.3) is 0 Å². The summed E-state index contributed by atoms with van der Waals surface area (Å²) < 4.78 is 15.5. The van der Waals surface area contributed by atoms with Gasteiger partial charge in [-0.1, -0.05) is 24.3 Å². The maximum atomic E-state index is 12.0. The Morgan fingerprint density at radius 1 is 1.09 bits per heavy atom. The first kappa shape index (κ1) is 15.7. The van der Waals surface area contributed by atoms with Crippen LogP contribution in [0.3, 0.4) is 0 Å². The zero-order chi connectivity index (χ0) is 15.9. The summed E-state index contributed by atoms with van der Waals surface area (Å²) in [7, 11) is 2.91. The molecule has 0 amide bonds. The molecule has 0 radical (unpaired) electrons. The normalized spacial score (nSPS) is 11.5. The Labute approximate surface area is 129 Å². The lowest BCUT2D eigenvalue weighted by Crippen LogP contribution is -2.21. The van der Waals surface area contributed by atoms with Crippen LogP contribution in [0.1, 0.15) is 11.5 Å². The average Bonchev–Trinajstić information content (AvgIpc) is 2.56. The van der Waals surface area contributed by atoms with Crippen LogP contribution in [0.15, 0.2) is 48.5 Å². The number of phenols is 1. The van der Waals surface area contributed by atoms with Crippen molar-refractivity contribution in [1.29, 1.82) is 0 Å². The highest BCUT2D eigenvalue weighted by molar-refractivity contribution is 5.78. The van der Waals surface area contributed by atoms with Gasteiger partial charge in [0.15, 0.2) is 11.5 Å². The summed E-state index contributed by atoms with van der Waals surface area (Å²) in [4.78, 5) is 12.0. The Balaban J connectivity index is 2.15. The number of methoxy groups -OCH3 is 2. The molecule has 1 atom stereocenters. The molecule has 0 saturated carbocycles. The van der Waals surface area contributed by atoms with Crippen LogP contribution in [0.25, 0.3) is 0 Å². The summed E-state index contributed by atoms with van der Waals surface area (Å²) in [6.45, 7) is 0.0660. The standard InChI is InChI=1S/C17H18O5/c1-20-13-9-7-12(8-10-13)14(17(19)21-2)11-22-16-6-4-3-5-15(16)18/h3-10,14,18H,11H2,1-2H3. The van der Waals surface area contributed by atoms with Crippen LogP contribution < -0.4 is 9.47 Å². The van der Waals surface area contributed by atoms with Crippen molar-refractivity contribution >= 4 is 5.97 Å². The van der Waals surface area contributed by atoms with Gasteiger partial charge in [0.05, 0.1) is 14.2 Å². The van der Waals surface area contributed by atoms with E-state index in [9.17, 15) is 9.90 Å². The SMILES string of the molecule is COC(=O)C(COc1ccccc1O)c1ccc(OC)cc1. The molecule has 5 heteroatoms. The van der Waals surface area contributed by atoms with Gasteiger partial charge in [0, 0.05) is 0 Å². The van der Waals surface area contributed by atoms with Crippen molar-refractivity contribution in [3.05, 3.63) is 54.1 Å². The second-order valence-corrected chi connectivity index (χ2v) is 4.63. The predicted molar refractivity (Wildman–Crippen MR) is 81.4 cm³/mol. The topological polar surface area (TPSA) is 65.0 Å². The molecule has 2 aromatic rings. The molecule has 22 heavy (non-hydrogen) atoms. The number of phenolic OH excluding ortho intramolecular Hbond substituents is 1. The monoisotopic (exact) mass is 302 g/mol. The number of hydrogen-bond donors (Lipinski definition) is 1. The van der Waals surface area contributed by atoms with Gasteiger partial charge >= 0.3 is 5.97 Å². The van der Waals surface area contributed by atoms with Crippen LogP contribution in [-0.2, 0) is 9.53 Å². The van der Waals surface area contributed by atoms with Crippen molar-refractivity contribution in [3.63, 3.8) is 0 Å². The lowest BCUT2D eigenvalue weighted by atomic mass is 10.00. The highest BCUT2D eigenvalue weighted by Crippen LogP contribution is 2.27. The molecular formula is C17H18O5. The first-order chi connectivity index (χ1) is 10.7. The van der Waals surface area contributed by atoms with Crippen molar-refractivity contribution in [2.45, 2.75) is 5.92 Å². The Bertz CT molecular complexity index is 621. The van der Waals surface area contributed by atoms with E-state index in [1.807, 2.05) is 0 Å². The van der Waals surface area contributed by atoms with Gasteiger partial charge in [-0.25, -0.2) is 0 Å². The molecule has 1 N–H and O–H groups in total. The average molecular weight is 302 g/mol. The van der Waals surface area contributed by atoms with E-state index < -0.39 is 11.9 Å². The number of benzene rings is 2. The lowest BCUT2D eigenvalue weighted by molar-refractivity contribution is -0.143. The molecular weight excluding hydrogens is 284 g/mol. The van der Waals surface area contributed by atoms with Crippen molar-refractivity contribution in [1.82, 2.24) is 0 Å². The molecule has 0 heterocycles. The Kier molecular flexibility index (Phi) is 5.25. The highest BCUT2D eigenvalue weighted by atomic mass is 16.5. The molecule has 0 aromatic heterocycles. The fourth-order valence-electron chi connectivity index (χ4n) is 2.03. The molecule has 0 bridgehead atoms. The number of aromatic hydroxyl groups is 1. The second-order valence-electron chi connectivity index (χ2n) is 4.63. The van der Waals surface area contributed by atoms with Gasteiger partial charge in [-0.15, -0.1) is 0 Å². The van der Waals surface area contributed by atoms with E-state index >= 15 is 0 Å². The lowest BCUT2D eigenvalue weighted by Gasteiger charge is -2.17. The van der Waals surface area contributed by atoms with Crippen LogP contribution in [0.4, 0.5) is 0 Å². The van der Waals surface area contributed by atoms with Crippen LogP contribution >= 0.6 is 0 Å². The molecule has 2 aromatic carbocycles. The van der Waals surface area contributed by atoms with Crippen molar-refractivity contribution in [3.8, 4) is 17.2 Å². The summed E-state index contributed by atoms with van der Waals surface area (Å²) in [5.41, 5.74) is 0.753.